The van der Waals surface area contributed by atoms with Crippen molar-refractivity contribution < 1.29 is 9.78 Å². The van der Waals surface area contributed by atoms with Crippen LogP contribution in [0.2, 0.25) is 0 Å². The topological polar surface area (TPSA) is 81.6 Å². The third-order valence-corrected chi connectivity index (χ3v) is 1.64. The SMILES string of the molecule is O=[N+]([O-])c1ccc(/[N+]([O-])=N/Br)cc1. The van der Waals surface area contributed by atoms with Crippen molar-refractivity contribution in [2.45, 2.75) is 0 Å². The maximum atomic E-state index is 10.8. The number of rotatable bonds is 2. The summed E-state index contributed by atoms with van der Waals surface area (Å²) in [4.78, 5) is 10.0. The Morgan fingerprint density at radius 2 is 1.62 bits per heavy atom. The molecule has 0 aliphatic heterocycles. The highest BCUT2D eigenvalue weighted by molar-refractivity contribution is 9.08. The first-order valence-corrected chi connectivity index (χ1v) is 3.89. The lowest BCUT2D eigenvalue weighted by molar-refractivity contribution is -0.428. The van der Waals surface area contributed by atoms with E-state index in [1.165, 1.54) is 24.3 Å². The van der Waals surface area contributed by atoms with Gasteiger partial charge in [0.1, 0.15) is 0 Å². The molecule has 0 amide bonds. The first-order valence-electron chi connectivity index (χ1n) is 3.19. The molecule has 0 aliphatic rings. The molecular weight excluding hydrogens is 242 g/mol. The van der Waals surface area contributed by atoms with Gasteiger partial charge in [0.15, 0.2) is 16.1 Å². The predicted molar refractivity (Wildman–Crippen MR) is 47.7 cm³/mol. The van der Waals surface area contributed by atoms with Crippen molar-refractivity contribution in [1.29, 1.82) is 0 Å². The number of nitro groups is 1. The Morgan fingerprint density at radius 3 is 2.00 bits per heavy atom. The van der Waals surface area contributed by atoms with Gasteiger partial charge in [-0.3, -0.25) is 10.1 Å². The van der Waals surface area contributed by atoms with Gasteiger partial charge >= 0.3 is 0 Å². The molecule has 0 bridgehead atoms. The summed E-state index contributed by atoms with van der Waals surface area (Å²) in [6.45, 7) is 0. The van der Waals surface area contributed by atoms with Crippen molar-refractivity contribution in [3.63, 3.8) is 0 Å². The Labute approximate surface area is 81.6 Å². The zero-order valence-electron chi connectivity index (χ0n) is 6.25. The predicted octanol–water partition coefficient (Wildman–Crippen LogP) is 2.50. The van der Waals surface area contributed by atoms with Gasteiger partial charge in [0.25, 0.3) is 5.69 Å². The van der Waals surface area contributed by atoms with E-state index in [0.29, 0.717) is 4.86 Å². The summed E-state index contributed by atoms with van der Waals surface area (Å²) in [6.07, 6.45) is 0. The molecule has 0 spiro atoms. The Hall–Kier alpha value is -1.50. The molecule has 0 unspecified atom stereocenters. The molecule has 1 aromatic carbocycles. The van der Waals surface area contributed by atoms with Crippen LogP contribution in [-0.4, -0.2) is 9.78 Å². The summed E-state index contributed by atoms with van der Waals surface area (Å²) in [5.41, 5.74) is 0.161. The highest BCUT2D eigenvalue weighted by Gasteiger charge is 2.07. The molecular formula is C6H4BrN3O3. The normalized spacial score (nSPS) is 11.3. The molecule has 0 aliphatic carbocycles. The number of nitro benzene ring substituents is 1. The summed E-state index contributed by atoms with van der Waals surface area (Å²) >= 11 is 2.60. The number of halogens is 1. The second kappa shape index (κ2) is 3.94. The van der Waals surface area contributed by atoms with Crippen LogP contribution in [0.25, 0.3) is 0 Å². The zero-order chi connectivity index (χ0) is 9.84. The van der Waals surface area contributed by atoms with E-state index in [2.05, 4.69) is 20.3 Å². The fraction of sp³-hybridized carbons (Fsp3) is 0. The summed E-state index contributed by atoms with van der Waals surface area (Å²) < 4.78 is 3.15. The Bertz CT molecular complexity index is 349. The zero-order valence-corrected chi connectivity index (χ0v) is 7.84. The lowest BCUT2D eigenvalue weighted by Gasteiger charge is -1.95. The molecule has 0 saturated heterocycles. The average Bonchev–Trinajstić information content (AvgIpc) is 2.17. The molecule has 0 heterocycles. The smallest absolute Gasteiger partial charge is 0.269 e. The van der Waals surface area contributed by atoms with Crippen LogP contribution in [0, 0.1) is 15.3 Å². The lowest BCUT2D eigenvalue weighted by Crippen LogP contribution is -1.90. The fourth-order valence-electron chi connectivity index (χ4n) is 0.746. The van der Waals surface area contributed by atoms with E-state index in [0.717, 1.165) is 0 Å². The van der Waals surface area contributed by atoms with E-state index in [1.807, 2.05) is 0 Å². The molecule has 6 nitrogen and oxygen atoms in total. The van der Waals surface area contributed by atoms with Crippen molar-refractivity contribution in [2.24, 2.45) is 4.14 Å². The van der Waals surface area contributed by atoms with Crippen molar-refractivity contribution >= 4 is 27.5 Å². The molecule has 0 radical (unpaired) electrons. The van der Waals surface area contributed by atoms with Crippen molar-refractivity contribution in [2.75, 3.05) is 0 Å². The molecule has 7 heteroatoms. The van der Waals surface area contributed by atoms with Crippen LogP contribution < -0.4 is 0 Å². The van der Waals surface area contributed by atoms with Crippen LogP contribution in [0.15, 0.2) is 28.4 Å². The van der Waals surface area contributed by atoms with E-state index in [-0.39, 0.29) is 11.4 Å². The average molecular weight is 246 g/mol. The minimum Gasteiger partial charge on any atom is -0.593 e. The van der Waals surface area contributed by atoms with Crippen LogP contribution in [0.4, 0.5) is 11.4 Å². The van der Waals surface area contributed by atoms with Crippen LogP contribution in [0.5, 0.6) is 0 Å². The second-order valence-electron chi connectivity index (χ2n) is 2.12. The first kappa shape index (κ1) is 9.59. The number of benzene rings is 1. The largest absolute Gasteiger partial charge is 0.593 e. The van der Waals surface area contributed by atoms with E-state index >= 15 is 0 Å². The van der Waals surface area contributed by atoms with Gasteiger partial charge < -0.3 is 5.21 Å². The Kier molecular flexibility index (Phi) is 2.91. The third kappa shape index (κ3) is 2.22. The summed E-state index contributed by atoms with van der Waals surface area (Å²) in [5.74, 6) is 0. The monoisotopic (exact) mass is 245 g/mol. The molecule has 0 saturated carbocycles. The number of hydrogen-bond acceptors (Lipinski definition) is 4. The molecule has 0 atom stereocenters. The standard InChI is InChI=1S/C6H4BrN3O3/c7-8-9(11)5-1-3-6(4-2-5)10(12)13/h1-4H/b9-8-. The molecule has 1 aromatic rings. The van der Waals surface area contributed by atoms with Crippen LogP contribution in [0.3, 0.4) is 0 Å². The maximum Gasteiger partial charge on any atom is 0.269 e. The Morgan fingerprint density at radius 1 is 1.15 bits per heavy atom. The van der Waals surface area contributed by atoms with Gasteiger partial charge in [-0.15, -0.1) is 0 Å². The number of non-ortho nitro benzene ring substituents is 1. The van der Waals surface area contributed by atoms with Gasteiger partial charge in [-0.25, -0.2) is 0 Å². The number of hydrogen-bond donors (Lipinski definition) is 0. The second-order valence-corrected chi connectivity index (χ2v) is 2.44. The summed E-state index contributed by atoms with van der Waals surface area (Å²) in [6, 6.07) is 5.10. The molecule has 0 aromatic heterocycles. The van der Waals surface area contributed by atoms with E-state index in [9.17, 15) is 15.3 Å². The van der Waals surface area contributed by atoms with Crippen LogP contribution >= 0.6 is 16.1 Å². The molecule has 1 rings (SSSR count). The lowest BCUT2D eigenvalue weighted by atomic mass is 10.3. The van der Waals surface area contributed by atoms with Crippen molar-refractivity contribution in [1.82, 2.24) is 0 Å². The van der Waals surface area contributed by atoms with Gasteiger partial charge in [0.2, 0.25) is 5.69 Å². The molecule has 68 valence electrons. The van der Waals surface area contributed by atoms with Crippen LogP contribution in [-0.2, 0) is 0 Å². The molecule has 13 heavy (non-hydrogen) atoms. The number of nitrogens with zero attached hydrogens (tertiary/aromatic N) is 3. The van der Waals surface area contributed by atoms with E-state index < -0.39 is 4.92 Å². The van der Waals surface area contributed by atoms with E-state index in [4.69, 9.17) is 0 Å². The van der Waals surface area contributed by atoms with Gasteiger partial charge in [0.05, 0.1) is 9.06 Å². The van der Waals surface area contributed by atoms with Gasteiger partial charge in [-0.1, -0.05) is 0 Å². The van der Waals surface area contributed by atoms with Crippen molar-refractivity contribution in [3.8, 4) is 0 Å². The Balaban J connectivity index is 3.00. The fourth-order valence-corrected chi connectivity index (χ4v) is 0.929. The minimum atomic E-state index is -0.538. The van der Waals surface area contributed by atoms with Crippen molar-refractivity contribution in [3.05, 3.63) is 39.6 Å². The molecule has 0 fully saturated rings. The van der Waals surface area contributed by atoms with Crippen LogP contribution in [0.1, 0.15) is 0 Å². The molecule has 0 N–H and O–H groups in total. The quantitative estimate of drug-likeness (QED) is 0.348. The summed E-state index contributed by atoms with van der Waals surface area (Å²) in [5, 5.41) is 21.1. The summed E-state index contributed by atoms with van der Waals surface area (Å²) in [7, 11) is 0. The first-order chi connectivity index (χ1) is 6.15. The van der Waals surface area contributed by atoms with Gasteiger partial charge in [0, 0.05) is 24.3 Å². The highest BCUT2D eigenvalue weighted by Crippen LogP contribution is 2.17. The van der Waals surface area contributed by atoms with Gasteiger partial charge in [-0.2, -0.15) is 0 Å². The minimum absolute atomic E-state index is 0.0632. The highest BCUT2D eigenvalue weighted by atomic mass is 79.9. The maximum absolute atomic E-state index is 10.8. The third-order valence-electron chi connectivity index (χ3n) is 1.35. The van der Waals surface area contributed by atoms with Gasteiger partial charge in [-0.05, 0) is 4.86 Å². The van der Waals surface area contributed by atoms with E-state index in [1.54, 1.807) is 0 Å².